The Morgan fingerprint density at radius 2 is 2.17 bits per heavy atom. The lowest BCUT2D eigenvalue weighted by atomic mass is 9.89. The second kappa shape index (κ2) is 5.41. The van der Waals surface area contributed by atoms with Crippen LogP contribution in [0, 0.1) is 5.92 Å². The summed E-state index contributed by atoms with van der Waals surface area (Å²) in [5, 5.41) is 10.5. The molecule has 0 amide bonds. The molecule has 1 fully saturated rings. The molecule has 1 heterocycles. The molecule has 1 aliphatic heterocycles. The summed E-state index contributed by atoms with van der Waals surface area (Å²) in [7, 11) is 0. The first-order valence-electron chi connectivity index (χ1n) is 6.92. The topological polar surface area (TPSA) is 29.5 Å². The molecule has 2 heteroatoms. The standard InChI is InChI=1S/C16H24O2/c1-12(2)10-13-6-4-7-14(11-13)15(17)16(3)8-5-9-18-16/h4,6-7,11-12,15,17H,5,8-10H2,1-3H3. The van der Waals surface area contributed by atoms with Gasteiger partial charge in [0.25, 0.3) is 0 Å². The molecule has 0 aliphatic carbocycles. The highest BCUT2D eigenvalue weighted by Gasteiger charge is 2.38. The highest BCUT2D eigenvalue weighted by atomic mass is 16.5. The first-order valence-corrected chi connectivity index (χ1v) is 6.92. The van der Waals surface area contributed by atoms with Gasteiger partial charge in [0.2, 0.25) is 0 Å². The third kappa shape index (κ3) is 2.93. The molecule has 1 aromatic rings. The average molecular weight is 248 g/mol. The number of ether oxygens (including phenoxy) is 1. The van der Waals surface area contributed by atoms with Gasteiger partial charge in [0.05, 0.1) is 5.60 Å². The second-order valence-corrected chi connectivity index (χ2v) is 6.01. The van der Waals surface area contributed by atoms with E-state index in [2.05, 4.69) is 26.0 Å². The van der Waals surface area contributed by atoms with Crippen LogP contribution in [-0.4, -0.2) is 17.3 Å². The summed E-state index contributed by atoms with van der Waals surface area (Å²) in [5.74, 6) is 0.635. The van der Waals surface area contributed by atoms with Crippen LogP contribution in [0.2, 0.25) is 0 Å². The third-order valence-corrected chi connectivity index (χ3v) is 3.74. The molecule has 2 rings (SSSR count). The van der Waals surface area contributed by atoms with E-state index in [0.717, 1.165) is 31.4 Å². The third-order valence-electron chi connectivity index (χ3n) is 3.74. The summed E-state index contributed by atoms with van der Waals surface area (Å²) in [6.45, 7) is 7.20. The van der Waals surface area contributed by atoms with Gasteiger partial charge in [0.1, 0.15) is 6.10 Å². The van der Waals surface area contributed by atoms with Gasteiger partial charge < -0.3 is 9.84 Å². The van der Waals surface area contributed by atoms with Crippen molar-refractivity contribution in [3.8, 4) is 0 Å². The van der Waals surface area contributed by atoms with Crippen molar-refractivity contribution < 1.29 is 9.84 Å². The molecule has 1 saturated heterocycles. The molecule has 1 aromatic carbocycles. The van der Waals surface area contributed by atoms with Crippen LogP contribution in [0.3, 0.4) is 0 Å². The van der Waals surface area contributed by atoms with Crippen LogP contribution in [0.15, 0.2) is 24.3 Å². The second-order valence-electron chi connectivity index (χ2n) is 6.01. The van der Waals surface area contributed by atoms with Crippen LogP contribution in [0.4, 0.5) is 0 Å². The minimum Gasteiger partial charge on any atom is -0.385 e. The summed E-state index contributed by atoms with van der Waals surface area (Å²) >= 11 is 0. The van der Waals surface area contributed by atoms with E-state index in [-0.39, 0.29) is 0 Å². The van der Waals surface area contributed by atoms with Gasteiger partial charge >= 0.3 is 0 Å². The molecule has 18 heavy (non-hydrogen) atoms. The lowest BCUT2D eigenvalue weighted by molar-refractivity contribution is -0.0796. The van der Waals surface area contributed by atoms with Crippen LogP contribution in [0.25, 0.3) is 0 Å². The van der Waals surface area contributed by atoms with Crippen molar-refractivity contribution in [2.45, 2.75) is 51.7 Å². The zero-order chi connectivity index (χ0) is 13.2. The Morgan fingerprint density at radius 1 is 1.39 bits per heavy atom. The molecular formula is C16H24O2. The Morgan fingerprint density at radius 3 is 2.78 bits per heavy atom. The summed E-state index contributed by atoms with van der Waals surface area (Å²) in [6.07, 6.45) is 2.51. The highest BCUT2D eigenvalue weighted by Crippen LogP contribution is 2.37. The Kier molecular flexibility index (Phi) is 4.08. The van der Waals surface area contributed by atoms with Crippen LogP contribution < -0.4 is 0 Å². The highest BCUT2D eigenvalue weighted by molar-refractivity contribution is 5.27. The fraction of sp³-hybridized carbons (Fsp3) is 0.625. The Hall–Kier alpha value is -0.860. The first kappa shape index (κ1) is 13.6. The molecule has 0 saturated carbocycles. The number of benzene rings is 1. The van der Waals surface area contributed by atoms with Gasteiger partial charge in [-0.05, 0) is 43.2 Å². The summed E-state index contributed by atoms with van der Waals surface area (Å²) in [4.78, 5) is 0. The normalized spacial score (nSPS) is 25.6. The Bertz CT molecular complexity index is 392. The SMILES string of the molecule is CC(C)Cc1cccc(C(O)C2(C)CCCO2)c1. The summed E-state index contributed by atoms with van der Waals surface area (Å²) in [6, 6.07) is 8.29. The van der Waals surface area contributed by atoms with E-state index < -0.39 is 11.7 Å². The Labute approximate surface area is 110 Å². The largest absolute Gasteiger partial charge is 0.385 e. The van der Waals surface area contributed by atoms with Crippen molar-refractivity contribution in [1.29, 1.82) is 0 Å². The molecule has 2 unspecified atom stereocenters. The van der Waals surface area contributed by atoms with Crippen LogP contribution in [0.1, 0.15) is 50.8 Å². The van der Waals surface area contributed by atoms with Crippen molar-refractivity contribution in [2.24, 2.45) is 5.92 Å². The van der Waals surface area contributed by atoms with E-state index in [1.807, 2.05) is 19.1 Å². The maximum Gasteiger partial charge on any atom is 0.108 e. The fourth-order valence-corrected chi connectivity index (χ4v) is 2.73. The molecule has 0 radical (unpaired) electrons. The predicted molar refractivity (Wildman–Crippen MR) is 73.5 cm³/mol. The van der Waals surface area contributed by atoms with Gasteiger partial charge in [-0.15, -0.1) is 0 Å². The lowest BCUT2D eigenvalue weighted by Crippen LogP contribution is -2.31. The minimum absolute atomic E-state index is 0.406. The molecule has 0 spiro atoms. The quantitative estimate of drug-likeness (QED) is 0.884. The molecule has 1 aliphatic rings. The van der Waals surface area contributed by atoms with E-state index in [9.17, 15) is 5.11 Å². The molecule has 1 N–H and O–H groups in total. The van der Waals surface area contributed by atoms with Gasteiger partial charge in [-0.1, -0.05) is 38.1 Å². The van der Waals surface area contributed by atoms with Gasteiger partial charge in [-0.3, -0.25) is 0 Å². The van der Waals surface area contributed by atoms with E-state index in [0.29, 0.717) is 5.92 Å². The van der Waals surface area contributed by atoms with Crippen LogP contribution in [0.5, 0.6) is 0 Å². The predicted octanol–water partition coefficient (Wildman–Crippen LogP) is 3.49. The number of hydrogen-bond acceptors (Lipinski definition) is 2. The van der Waals surface area contributed by atoms with Crippen molar-refractivity contribution in [3.63, 3.8) is 0 Å². The van der Waals surface area contributed by atoms with Gasteiger partial charge in [-0.25, -0.2) is 0 Å². The Balaban J connectivity index is 2.17. The van der Waals surface area contributed by atoms with Crippen LogP contribution >= 0.6 is 0 Å². The molecule has 100 valence electrons. The fourth-order valence-electron chi connectivity index (χ4n) is 2.73. The van der Waals surface area contributed by atoms with E-state index in [4.69, 9.17) is 4.74 Å². The van der Waals surface area contributed by atoms with Gasteiger partial charge in [-0.2, -0.15) is 0 Å². The zero-order valence-corrected chi connectivity index (χ0v) is 11.6. The number of hydrogen-bond donors (Lipinski definition) is 1. The van der Waals surface area contributed by atoms with Crippen molar-refractivity contribution in [3.05, 3.63) is 35.4 Å². The minimum atomic E-state index is -0.521. The molecule has 2 atom stereocenters. The van der Waals surface area contributed by atoms with Gasteiger partial charge in [0, 0.05) is 6.61 Å². The van der Waals surface area contributed by atoms with Crippen LogP contribution in [-0.2, 0) is 11.2 Å². The number of aliphatic hydroxyl groups is 1. The summed E-state index contributed by atoms with van der Waals surface area (Å²) in [5.41, 5.74) is 1.87. The van der Waals surface area contributed by atoms with Crippen molar-refractivity contribution >= 4 is 0 Å². The number of aliphatic hydroxyl groups excluding tert-OH is 1. The maximum absolute atomic E-state index is 10.5. The monoisotopic (exact) mass is 248 g/mol. The average Bonchev–Trinajstić information content (AvgIpc) is 2.76. The lowest BCUT2D eigenvalue weighted by Gasteiger charge is -2.29. The maximum atomic E-state index is 10.5. The van der Waals surface area contributed by atoms with E-state index in [1.54, 1.807) is 0 Å². The molecule has 0 aromatic heterocycles. The van der Waals surface area contributed by atoms with E-state index >= 15 is 0 Å². The molecule has 2 nitrogen and oxygen atoms in total. The smallest absolute Gasteiger partial charge is 0.108 e. The van der Waals surface area contributed by atoms with E-state index in [1.165, 1.54) is 5.56 Å². The van der Waals surface area contributed by atoms with Gasteiger partial charge in [0.15, 0.2) is 0 Å². The zero-order valence-electron chi connectivity index (χ0n) is 11.6. The number of rotatable bonds is 4. The van der Waals surface area contributed by atoms with Crippen molar-refractivity contribution in [2.75, 3.05) is 6.61 Å². The molecule has 0 bridgehead atoms. The first-order chi connectivity index (χ1) is 8.51. The summed E-state index contributed by atoms with van der Waals surface area (Å²) < 4.78 is 5.73. The van der Waals surface area contributed by atoms with Crippen molar-refractivity contribution in [1.82, 2.24) is 0 Å². The molecular weight excluding hydrogens is 224 g/mol.